The molecule has 106 valence electrons. The van der Waals surface area contributed by atoms with Gasteiger partial charge in [-0.05, 0) is 25.3 Å². The minimum atomic E-state index is -4.12. The van der Waals surface area contributed by atoms with Crippen LogP contribution >= 0.6 is 0 Å². The Morgan fingerprint density at radius 1 is 1.37 bits per heavy atom. The summed E-state index contributed by atoms with van der Waals surface area (Å²) in [4.78, 5) is 3.94. The topological polar surface area (TPSA) is 34.1 Å². The zero-order valence-electron chi connectivity index (χ0n) is 10.5. The molecule has 0 unspecified atom stereocenters. The number of alkyl halides is 3. The second-order valence-electron chi connectivity index (χ2n) is 4.71. The van der Waals surface area contributed by atoms with E-state index in [0.717, 1.165) is 5.56 Å². The van der Waals surface area contributed by atoms with Crippen LogP contribution in [0.1, 0.15) is 31.2 Å². The Morgan fingerprint density at radius 3 is 2.84 bits per heavy atom. The summed E-state index contributed by atoms with van der Waals surface area (Å²) in [5.74, 6) is 0.567. The Hall–Kier alpha value is -1.30. The number of nitrogens with one attached hydrogen (secondary N) is 1. The van der Waals surface area contributed by atoms with E-state index >= 15 is 0 Å². The number of rotatable bonds is 7. The van der Waals surface area contributed by atoms with Crippen molar-refractivity contribution in [3.63, 3.8) is 0 Å². The second-order valence-corrected chi connectivity index (χ2v) is 4.71. The van der Waals surface area contributed by atoms with Crippen molar-refractivity contribution in [3.05, 3.63) is 24.0 Å². The number of pyridine rings is 1. The van der Waals surface area contributed by atoms with E-state index in [0.29, 0.717) is 18.3 Å². The first-order valence-corrected chi connectivity index (χ1v) is 6.40. The first kappa shape index (κ1) is 14.1. The Balaban J connectivity index is 1.77. The monoisotopic (exact) mass is 274 g/mol. The van der Waals surface area contributed by atoms with Gasteiger partial charge in [0.1, 0.15) is 5.75 Å². The van der Waals surface area contributed by atoms with Crippen molar-refractivity contribution in [1.82, 2.24) is 10.3 Å². The van der Waals surface area contributed by atoms with Crippen molar-refractivity contribution in [3.8, 4) is 5.75 Å². The highest BCUT2D eigenvalue weighted by atomic mass is 19.4. The van der Waals surface area contributed by atoms with Crippen LogP contribution in [0, 0.1) is 0 Å². The number of hydrogen-bond donors (Lipinski definition) is 1. The molecule has 1 aromatic heterocycles. The third-order valence-corrected chi connectivity index (χ3v) is 2.89. The van der Waals surface area contributed by atoms with E-state index < -0.39 is 12.6 Å². The van der Waals surface area contributed by atoms with Crippen molar-refractivity contribution in [1.29, 1.82) is 0 Å². The van der Waals surface area contributed by atoms with Crippen molar-refractivity contribution >= 4 is 0 Å². The molecule has 0 aromatic carbocycles. The molecule has 2 rings (SSSR count). The van der Waals surface area contributed by atoms with Crippen LogP contribution in [0.2, 0.25) is 0 Å². The standard InChI is InChI=1S/C13H17F3N2O/c14-13(15,16)5-1-7-19-12-9-17-6-4-10(12)8-18-11-2-3-11/h4,6,9,11,18H,1-3,5,7-8H2. The molecule has 19 heavy (non-hydrogen) atoms. The van der Waals surface area contributed by atoms with Crippen LogP contribution in [0.4, 0.5) is 13.2 Å². The third kappa shape index (κ3) is 5.46. The van der Waals surface area contributed by atoms with E-state index in [1.807, 2.05) is 6.07 Å². The van der Waals surface area contributed by atoms with Crippen LogP contribution in [-0.4, -0.2) is 23.8 Å². The fourth-order valence-corrected chi connectivity index (χ4v) is 1.68. The summed E-state index contributed by atoms with van der Waals surface area (Å²) in [5, 5.41) is 3.34. The summed E-state index contributed by atoms with van der Waals surface area (Å²) in [7, 11) is 0. The first-order valence-electron chi connectivity index (χ1n) is 6.40. The highest BCUT2D eigenvalue weighted by Gasteiger charge is 2.26. The Bertz CT molecular complexity index is 405. The lowest BCUT2D eigenvalue weighted by molar-refractivity contribution is -0.136. The lowest BCUT2D eigenvalue weighted by Crippen LogP contribution is -2.16. The van der Waals surface area contributed by atoms with Gasteiger partial charge >= 0.3 is 6.18 Å². The lowest BCUT2D eigenvalue weighted by Gasteiger charge is -2.12. The fourth-order valence-electron chi connectivity index (χ4n) is 1.68. The van der Waals surface area contributed by atoms with Crippen LogP contribution in [0.3, 0.4) is 0 Å². The molecule has 0 radical (unpaired) electrons. The average Bonchev–Trinajstić information content (AvgIpc) is 3.16. The zero-order valence-corrected chi connectivity index (χ0v) is 10.5. The van der Waals surface area contributed by atoms with E-state index in [2.05, 4.69) is 10.3 Å². The molecular formula is C13H17F3N2O. The molecule has 0 atom stereocenters. The van der Waals surface area contributed by atoms with Gasteiger partial charge < -0.3 is 10.1 Å². The maximum atomic E-state index is 12.0. The minimum absolute atomic E-state index is 0.0338. The molecule has 1 N–H and O–H groups in total. The molecule has 3 nitrogen and oxygen atoms in total. The molecule has 1 heterocycles. The molecule has 0 aliphatic heterocycles. The van der Waals surface area contributed by atoms with E-state index in [9.17, 15) is 13.2 Å². The SMILES string of the molecule is FC(F)(F)CCCOc1cnccc1CNC1CC1. The molecule has 0 bridgehead atoms. The number of hydrogen-bond acceptors (Lipinski definition) is 3. The molecule has 1 fully saturated rings. The fraction of sp³-hybridized carbons (Fsp3) is 0.615. The van der Waals surface area contributed by atoms with Gasteiger partial charge in [-0.25, -0.2) is 0 Å². The van der Waals surface area contributed by atoms with Gasteiger partial charge in [0.2, 0.25) is 0 Å². The maximum absolute atomic E-state index is 12.0. The zero-order chi connectivity index (χ0) is 13.7. The van der Waals surface area contributed by atoms with E-state index in [4.69, 9.17) is 4.74 Å². The van der Waals surface area contributed by atoms with Gasteiger partial charge in [0.15, 0.2) is 0 Å². The molecular weight excluding hydrogens is 257 g/mol. The van der Waals surface area contributed by atoms with Crippen molar-refractivity contribution in [2.75, 3.05) is 6.61 Å². The summed E-state index contributed by atoms with van der Waals surface area (Å²) in [6, 6.07) is 2.40. The first-order chi connectivity index (χ1) is 9.04. The van der Waals surface area contributed by atoms with Gasteiger partial charge in [0.05, 0.1) is 12.8 Å². The van der Waals surface area contributed by atoms with Crippen LogP contribution in [0.25, 0.3) is 0 Å². The molecule has 0 saturated heterocycles. The largest absolute Gasteiger partial charge is 0.492 e. The van der Waals surface area contributed by atoms with Gasteiger partial charge in [0, 0.05) is 30.8 Å². The second kappa shape index (κ2) is 6.23. The predicted molar refractivity (Wildman–Crippen MR) is 64.9 cm³/mol. The van der Waals surface area contributed by atoms with Crippen LogP contribution in [0.15, 0.2) is 18.5 Å². The summed E-state index contributed by atoms with van der Waals surface area (Å²) >= 11 is 0. The number of aromatic nitrogens is 1. The minimum Gasteiger partial charge on any atom is -0.492 e. The maximum Gasteiger partial charge on any atom is 0.389 e. The molecule has 0 amide bonds. The van der Waals surface area contributed by atoms with E-state index in [-0.39, 0.29) is 13.0 Å². The number of halogens is 3. The van der Waals surface area contributed by atoms with Crippen LogP contribution in [-0.2, 0) is 6.54 Å². The summed E-state index contributed by atoms with van der Waals surface area (Å²) in [6.07, 6.45) is 0.620. The summed E-state index contributed by atoms with van der Waals surface area (Å²) in [5.41, 5.74) is 0.939. The van der Waals surface area contributed by atoms with Gasteiger partial charge in [-0.15, -0.1) is 0 Å². The van der Waals surface area contributed by atoms with Crippen molar-refractivity contribution < 1.29 is 17.9 Å². The highest BCUT2D eigenvalue weighted by Crippen LogP contribution is 2.23. The number of ether oxygens (including phenoxy) is 1. The van der Waals surface area contributed by atoms with E-state index in [1.165, 1.54) is 12.8 Å². The normalized spacial score (nSPS) is 15.5. The van der Waals surface area contributed by atoms with Crippen molar-refractivity contribution in [2.45, 2.75) is 44.4 Å². The third-order valence-electron chi connectivity index (χ3n) is 2.89. The Kier molecular flexibility index (Phi) is 4.63. The summed E-state index contributed by atoms with van der Waals surface area (Å²) < 4.78 is 41.4. The molecule has 1 saturated carbocycles. The average molecular weight is 274 g/mol. The number of nitrogens with zero attached hydrogens (tertiary/aromatic N) is 1. The van der Waals surface area contributed by atoms with Crippen LogP contribution in [0.5, 0.6) is 5.75 Å². The van der Waals surface area contributed by atoms with Crippen molar-refractivity contribution in [2.24, 2.45) is 0 Å². The molecule has 6 heteroatoms. The van der Waals surface area contributed by atoms with Gasteiger partial charge in [-0.2, -0.15) is 13.2 Å². The van der Waals surface area contributed by atoms with E-state index in [1.54, 1.807) is 12.4 Å². The quantitative estimate of drug-likeness (QED) is 0.776. The Labute approximate surface area is 110 Å². The molecule has 1 aromatic rings. The molecule has 1 aliphatic carbocycles. The Morgan fingerprint density at radius 2 is 2.16 bits per heavy atom. The highest BCUT2D eigenvalue weighted by molar-refractivity contribution is 5.29. The van der Waals surface area contributed by atoms with Gasteiger partial charge in [0.25, 0.3) is 0 Å². The molecule has 0 spiro atoms. The smallest absolute Gasteiger partial charge is 0.389 e. The predicted octanol–water partition coefficient (Wildman–Crippen LogP) is 3.05. The summed E-state index contributed by atoms with van der Waals surface area (Å²) in [6.45, 7) is 0.726. The van der Waals surface area contributed by atoms with Crippen LogP contribution < -0.4 is 10.1 Å². The van der Waals surface area contributed by atoms with Gasteiger partial charge in [-0.1, -0.05) is 0 Å². The molecule has 1 aliphatic rings. The van der Waals surface area contributed by atoms with Gasteiger partial charge in [-0.3, -0.25) is 4.98 Å². The lowest BCUT2D eigenvalue weighted by atomic mass is 10.2.